The maximum atomic E-state index is 13.0. The minimum atomic E-state index is -0.481. The number of nitrogens with one attached hydrogen (secondary N) is 3. The minimum Gasteiger partial charge on any atom is -0.379 e. The normalized spacial score (nSPS) is 17.3. The number of thioether (sulfide) groups is 1. The number of carbonyl (C=O) groups excluding carboxylic acids is 3. The third kappa shape index (κ3) is 15.6. The van der Waals surface area contributed by atoms with Crippen LogP contribution >= 0.6 is 34.7 Å². The van der Waals surface area contributed by atoms with Crippen molar-refractivity contribution in [3.05, 3.63) is 63.0 Å². The first kappa shape index (κ1) is 47.8. The number of halogens is 1. The molecule has 0 bridgehead atoms. The van der Waals surface area contributed by atoms with Gasteiger partial charge < -0.3 is 35.9 Å². The van der Waals surface area contributed by atoms with Gasteiger partial charge in [0.15, 0.2) is 5.82 Å². The van der Waals surface area contributed by atoms with Crippen molar-refractivity contribution in [3.63, 3.8) is 0 Å². The smallest absolute Gasteiger partial charge is 0.315 e. The number of thiophene rings is 1. The van der Waals surface area contributed by atoms with Crippen molar-refractivity contribution >= 4 is 58.8 Å². The zero-order chi connectivity index (χ0) is 41.4. The molecule has 2 aromatic heterocycles. The van der Waals surface area contributed by atoms with Crippen molar-refractivity contribution in [1.29, 1.82) is 0 Å². The fourth-order valence-electron chi connectivity index (χ4n) is 6.14. The lowest BCUT2D eigenvalue weighted by atomic mass is 9.99. The van der Waals surface area contributed by atoms with Gasteiger partial charge in [0.05, 0.1) is 50.6 Å². The van der Waals surface area contributed by atoms with E-state index in [2.05, 4.69) is 52.7 Å². The largest absolute Gasteiger partial charge is 0.379 e. The number of aromatic nitrogens is 3. The molecule has 3 aliphatic heterocycles. The van der Waals surface area contributed by atoms with Crippen molar-refractivity contribution < 1.29 is 28.6 Å². The monoisotopic (exact) mass is 848 g/mol. The zero-order valence-corrected chi connectivity index (χ0v) is 36.4. The summed E-state index contributed by atoms with van der Waals surface area (Å²) in [5.74, 6) is 2.71. The van der Waals surface area contributed by atoms with Crippen LogP contribution in [0.2, 0.25) is 5.02 Å². The van der Waals surface area contributed by atoms with Gasteiger partial charge in [-0.2, -0.15) is 11.8 Å². The van der Waals surface area contributed by atoms with E-state index < -0.39 is 6.04 Å². The topological polar surface area (TPSA) is 184 Å². The van der Waals surface area contributed by atoms with E-state index in [1.165, 1.54) is 30.6 Å². The number of primary amides is 1. The number of unbranched alkanes of at least 4 members (excludes halogenated alkanes) is 4. The number of benzene rings is 1. The summed E-state index contributed by atoms with van der Waals surface area (Å²) in [4.78, 5) is 38.5. The third-order valence-corrected chi connectivity index (χ3v) is 11.8. The fourth-order valence-corrected chi connectivity index (χ4v) is 8.68. The van der Waals surface area contributed by atoms with Gasteiger partial charge in [0.1, 0.15) is 17.4 Å². The number of ether oxygens (including phenoxy) is 3. The lowest BCUT2D eigenvalue weighted by molar-refractivity contribution is -0.121. The number of carbonyl (C=O) groups is 3. The Morgan fingerprint density at radius 3 is 2.19 bits per heavy atom. The van der Waals surface area contributed by atoms with E-state index in [1.807, 2.05) is 54.4 Å². The zero-order valence-electron chi connectivity index (χ0n) is 34.0. The predicted octanol–water partition coefficient (Wildman–Crippen LogP) is 6.32. The number of hydrogen-bond donors (Lipinski definition) is 4. The molecule has 1 aromatic carbocycles. The second kappa shape index (κ2) is 27.2. The Balaban J connectivity index is 0.000000524. The first-order valence-corrected chi connectivity index (χ1v) is 22.3. The Labute approximate surface area is 350 Å². The highest BCUT2D eigenvalue weighted by Gasteiger charge is 2.35. The highest BCUT2D eigenvalue weighted by atomic mass is 35.5. The van der Waals surface area contributed by atoms with Crippen LogP contribution in [0.3, 0.4) is 0 Å². The second-order valence-electron chi connectivity index (χ2n) is 13.2. The predicted molar refractivity (Wildman–Crippen MR) is 230 cm³/mol. The molecule has 17 heteroatoms. The lowest BCUT2D eigenvalue weighted by Gasteiger charge is -2.13. The van der Waals surface area contributed by atoms with Crippen LogP contribution in [0, 0.1) is 13.8 Å². The van der Waals surface area contributed by atoms with Gasteiger partial charge in [-0.3, -0.25) is 19.1 Å². The first-order chi connectivity index (χ1) is 27.8. The van der Waals surface area contributed by atoms with Gasteiger partial charge in [-0.1, -0.05) is 70.2 Å². The van der Waals surface area contributed by atoms with Crippen molar-refractivity contribution in [3.8, 4) is 5.00 Å². The highest BCUT2D eigenvalue weighted by Crippen LogP contribution is 2.38. The number of urea groups is 1. The Morgan fingerprint density at radius 1 is 0.965 bits per heavy atom. The molecule has 5 heterocycles. The van der Waals surface area contributed by atoms with Crippen LogP contribution in [0.15, 0.2) is 35.6 Å². The van der Waals surface area contributed by atoms with E-state index in [4.69, 9.17) is 35.6 Å². The second-order valence-corrected chi connectivity index (χ2v) is 15.9. The Kier molecular flexibility index (Phi) is 22.8. The van der Waals surface area contributed by atoms with Gasteiger partial charge in [-0.05, 0) is 44.4 Å². The average molecular weight is 850 g/mol. The van der Waals surface area contributed by atoms with E-state index in [9.17, 15) is 9.59 Å². The molecular weight excluding hydrogens is 788 g/mol. The average Bonchev–Trinajstić information content (AvgIpc) is 3.99. The highest BCUT2D eigenvalue weighted by molar-refractivity contribution is 7.99. The van der Waals surface area contributed by atoms with E-state index in [0.717, 1.165) is 51.9 Å². The quantitative estimate of drug-likeness (QED) is 0.0610. The molecule has 2 fully saturated rings. The summed E-state index contributed by atoms with van der Waals surface area (Å²) in [5.41, 5.74) is 8.15. The molecule has 3 aromatic rings. The summed E-state index contributed by atoms with van der Waals surface area (Å²) < 4.78 is 18.8. The Morgan fingerprint density at radius 2 is 1.56 bits per heavy atom. The molecule has 3 aliphatic rings. The Hall–Kier alpha value is -3.54. The van der Waals surface area contributed by atoms with Crippen LogP contribution in [0.5, 0.6) is 0 Å². The van der Waals surface area contributed by atoms with E-state index in [-0.39, 0.29) is 24.8 Å². The SMILES string of the molecule is CC.CCCCCCCOCCOCCOCCCNC(=O)CC1N=C(c2ccc(Cl)cc2)c2c(sc(C)c2C)-n2cnnc21.NC=O.O=C1NC2CSCC2N1. The summed E-state index contributed by atoms with van der Waals surface area (Å²) in [7, 11) is 0. The number of aliphatic imine (C=N–C) groups is 1. The molecule has 5 N–H and O–H groups in total. The first-order valence-electron chi connectivity index (χ1n) is 19.9. The van der Waals surface area contributed by atoms with Gasteiger partial charge in [-0.15, -0.1) is 21.5 Å². The van der Waals surface area contributed by atoms with Crippen LogP contribution in [0.25, 0.3) is 5.00 Å². The number of hydrogen-bond acceptors (Lipinski definition) is 11. The van der Waals surface area contributed by atoms with Gasteiger partial charge in [-0.25, -0.2) is 4.79 Å². The molecule has 14 nitrogen and oxygen atoms in total. The maximum absolute atomic E-state index is 13.0. The van der Waals surface area contributed by atoms with Crippen molar-refractivity contribution in [2.24, 2.45) is 10.7 Å². The number of fused-ring (bicyclic) bond motifs is 4. The van der Waals surface area contributed by atoms with Crippen LogP contribution in [-0.2, 0) is 23.8 Å². The summed E-state index contributed by atoms with van der Waals surface area (Å²) in [5, 5.41) is 18.9. The van der Waals surface area contributed by atoms with E-state index in [1.54, 1.807) is 17.7 Å². The van der Waals surface area contributed by atoms with Crippen LogP contribution in [-0.4, -0.2) is 109 Å². The molecule has 0 saturated carbocycles. The summed E-state index contributed by atoms with van der Waals surface area (Å²) in [6.45, 7) is 14.6. The van der Waals surface area contributed by atoms with Crippen LogP contribution < -0.4 is 21.7 Å². The summed E-state index contributed by atoms with van der Waals surface area (Å²) >= 11 is 9.75. The Bertz CT molecular complexity index is 1660. The number of nitrogens with two attached hydrogens (primary N) is 1. The molecule has 57 heavy (non-hydrogen) atoms. The van der Waals surface area contributed by atoms with Gasteiger partial charge in [0.25, 0.3) is 0 Å². The molecule has 0 aliphatic carbocycles. The molecule has 316 valence electrons. The fraction of sp³-hybridized carbons (Fsp3) is 0.600. The standard InChI is InChI=1S/C32H44ClN5O4S.C5H8N2OS.C2H6.CH3NO/c1-4-5-6-7-8-15-40-17-19-42-20-18-41-16-9-14-34-28(39)21-27-31-37-35-22-38(31)32-29(23(2)24(3)43-32)30(36-27)25-10-12-26(33)13-11-25;8-5-6-3-1-9-2-4(3)7-5;1-2;2-1-3/h10-13,22,27H,4-9,14-21H2,1-3H3,(H,34,39);3-4H,1-2H2,(H2,6,7,8);1-2H3;1H,(H2,2,3). The minimum absolute atomic E-state index is 0.00491. The lowest BCUT2D eigenvalue weighted by Crippen LogP contribution is -2.31. The number of aryl methyl sites for hydroxylation is 1. The van der Waals surface area contributed by atoms with E-state index >= 15 is 0 Å². The molecule has 2 saturated heterocycles. The third-order valence-electron chi connectivity index (χ3n) is 9.11. The maximum Gasteiger partial charge on any atom is 0.315 e. The van der Waals surface area contributed by atoms with Crippen LogP contribution in [0.1, 0.15) is 99.2 Å². The summed E-state index contributed by atoms with van der Waals surface area (Å²) in [6.07, 6.45) is 9.05. The van der Waals surface area contributed by atoms with Crippen molar-refractivity contribution in [2.45, 2.75) is 97.7 Å². The van der Waals surface area contributed by atoms with Crippen LogP contribution in [0.4, 0.5) is 4.79 Å². The molecule has 4 amide bonds. The summed E-state index contributed by atoms with van der Waals surface area (Å²) in [6, 6.07) is 7.99. The number of rotatable bonds is 19. The van der Waals surface area contributed by atoms with E-state index in [0.29, 0.717) is 68.9 Å². The van der Waals surface area contributed by atoms with Gasteiger partial charge in [0, 0.05) is 52.3 Å². The van der Waals surface area contributed by atoms with Crippen molar-refractivity contribution in [1.82, 2.24) is 30.7 Å². The van der Waals surface area contributed by atoms with Crippen molar-refractivity contribution in [2.75, 3.05) is 57.7 Å². The van der Waals surface area contributed by atoms with Gasteiger partial charge >= 0.3 is 6.03 Å². The molecule has 0 radical (unpaired) electrons. The van der Waals surface area contributed by atoms with Gasteiger partial charge in [0.2, 0.25) is 12.3 Å². The molecule has 3 atom stereocenters. The molecule has 0 spiro atoms. The molecule has 3 unspecified atom stereocenters. The number of nitrogens with zero attached hydrogens (tertiary/aromatic N) is 4. The molecule has 6 rings (SSSR count). The number of amides is 4. The molecular formula is C40H61ClN8O6S2.